The van der Waals surface area contributed by atoms with Gasteiger partial charge in [0.15, 0.2) is 5.82 Å². The molecule has 2 aliphatic rings. The fourth-order valence-corrected chi connectivity index (χ4v) is 2.96. The van der Waals surface area contributed by atoms with Crippen LogP contribution >= 0.6 is 0 Å². The molecule has 20 heavy (non-hydrogen) atoms. The van der Waals surface area contributed by atoms with Crippen LogP contribution in [0.25, 0.3) is 0 Å². The van der Waals surface area contributed by atoms with Crippen molar-refractivity contribution < 1.29 is 0 Å². The minimum Gasteiger partial charge on any atom is -0.366 e. The lowest BCUT2D eigenvalue weighted by atomic mass is 9.96. The third-order valence-corrected chi connectivity index (χ3v) is 4.29. The number of nitrogens with one attached hydrogen (secondary N) is 1. The van der Waals surface area contributed by atoms with Gasteiger partial charge in [0, 0.05) is 32.2 Å². The van der Waals surface area contributed by atoms with Crippen molar-refractivity contribution in [1.29, 1.82) is 0 Å². The van der Waals surface area contributed by atoms with Gasteiger partial charge in [0.2, 0.25) is 5.95 Å². The van der Waals surface area contributed by atoms with Crippen molar-refractivity contribution in [3.8, 4) is 0 Å². The van der Waals surface area contributed by atoms with Gasteiger partial charge in [-0.25, -0.2) is 0 Å². The summed E-state index contributed by atoms with van der Waals surface area (Å²) in [6.07, 6.45) is 8.24. The maximum absolute atomic E-state index is 4.64. The zero-order valence-electron chi connectivity index (χ0n) is 12.3. The van der Waals surface area contributed by atoms with Gasteiger partial charge in [-0.15, -0.1) is 5.10 Å². The lowest BCUT2D eigenvalue weighted by molar-refractivity contribution is 0.311. The maximum Gasteiger partial charge on any atom is 0.247 e. The number of likely N-dealkylation sites (N-methyl/N-ethyl adjacent to an activating group) is 1. The van der Waals surface area contributed by atoms with E-state index in [1.807, 2.05) is 0 Å². The van der Waals surface area contributed by atoms with Crippen molar-refractivity contribution in [2.24, 2.45) is 0 Å². The molecule has 0 spiro atoms. The number of anilines is 2. The predicted octanol–water partition coefficient (Wildman–Crippen LogP) is 1.37. The van der Waals surface area contributed by atoms with Crippen LogP contribution in [0, 0.1) is 0 Å². The van der Waals surface area contributed by atoms with Crippen LogP contribution < -0.4 is 10.2 Å². The molecule has 1 saturated heterocycles. The third-order valence-electron chi connectivity index (χ3n) is 4.29. The molecule has 1 aromatic heterocycles. The van der Waals surface area contributed by atoms with Crippen LogP contribution in [0.3, 0.4) is 0 Å². The molecule has 0 aromatic carbocycles. The highest BCUT2D eigenvalue weighted by molar-refractivity contribution is 5.40. The summed E-state index contributed by atoms with van der Waals surface area (Å²) < 4.78 is 0. The molecule has 6 nitrogen and oxygen atoms in total. The Bertz CT molecular complexity index is 423. The number of hydrogen-bond acceptors (Lipinski definition) is 6. The van der Waals surface area contributed by atoms with Gasteiger partial charge in [-0.2, -0.15) is 10.1 Å². The first-order valence-corrected chi connectivity index (χ1v) is 7.71. The zero-order chi connectivity index (χ0) is 13.8. The monoisotopic (exact) mass is 276 g/mol. The fourth-order valence-electron chi connectivity index (χ4n) is 2.96. The van der Waals surface area contributed by atoms with E-state index in [1.165, 1.54) is 32.1 Å². The highest BCUT2D eigenvalue weighted by Crippen LogP contribution is 2.21. The molecule has 1 N–H and O–H groups in total. The van der Waals surface area contributed by atoms with E-state index in [2.05, 4.69) is 37.3 Å². The molecular weight excluding hydrogens is 252 g/mol. The van der Waals surface area contributed by atoms with Crippen LogP contribution in [-0.4, -0.2) is 59.3 Å². The Morgan fingerprint density at radius 2 is 1.85 bits per heavy atom. The Kier molecular flexibility index (Phi) is 4.30. The Labute approximate surface area is 120 Å². The summed E-state index contributed by atoms with van der Waals surface area (Å²) in [5.41, 5.74) is 0. The van der Waals surface area contributed by atoms with Crippen LogP contribution in [0.1, 0.15) is 32.1 Å². The minimum absolute atomic E-state index is 0.556. The Balaban J connectivity index is 1.63. The molecule has 0 amide bonds. The topological polar surface area (TPSA) is 57.2 Å². The second-order valence-electron chi connectivity index (χ2n) is 5.91. The van der Waals surface area contributed by atoms with Gasteiger partial charge in [-0.3, -0.25) is 0 Å². The van der Waals surface area contributed by atoms with E-state index in [0.29, 0.717) is 6.04 Å². The summed E-state index contributed by atoms with van der Waals surface area (Å²) >= 11 is 0. The van der Waals surface area contributed by atoms with E-state index < -0.39 is 0 Å². The molecule has 1 aliphatic heterocycles. The lowest BCUT2D eigenvalue weighted by Crippen LogP contribution is -2.45. The van der Waals surface area contributed by atoms with Gasteiger partial charge < -0.3 is 15.1 Å². The van der Waals surface area contributed by atoms with E-state index in [4.69, 9.17) is 0 Å². The first kappa shape index (κ1) is 13.5. The third kappa shape index (κ3) is 3.36. The van der Waals surface area contributed by atoms with Gasteiger partial charge in [-0.05, 0) is 19.9 Å². The molecule has 0 unspecified atom stereocenters. The van der Waals surface area contributed by atoms with E-state index in [1.54, 1.807) is 6.20 Å². The Morgan fingerprint density at radius 1 is 1.10 bits per heavy atom. The molecule has 0 bridgehead atoms. The predicted molar refractivity (Wildman–Crippen MR) is 80.0 cm³/mol. The normalized spacial score (nSPS) is 21.9. The van der Waals surface area contributed by atoms with Crippen molar-refractivity contribution in [3.63, 3.8) is 0 Å². The van der Waals surface area contributed by atoms with E-state index >= 15 is 0 Å². The van der Waals surface area contributed by atoms with E-state index in [0.717, 1.165) is 37.9 Å². The molecule has 0 radical (unpaired) electrons. The number of nitrogens with zero attached hydrogens (tertiary/aromatic N) is 5. The number of piperazine rings is 1. The molecular formula is C14H24N6. The second kappa shape index (κ2) is 6.35. The molecule has 110 valence electrons. The first-order valence-electron chi connectivity index (χ1n) is 7.71. The summed E-state index contributed by atoms with van der Waals surface area (Å²) in [7, 11) is 2.15. The second-order valence-corrected chi connectivity index (χ2v) is 5.91. The fraction of sp³-hybridized carbons (Fsp3) is 0.786. The molecule has 2 fully saturated rings. The van der Waals surface area contributed by atoms with Gasteiger partial charge in [0.05, 0.1) is 6.20 Å². The van der Waals surface area contributed by atoms with Crippen LogP contribution in [0.2, 0.25) is 0 Å². The van der Waals surface area contributed by atoms with Crippen molar-refractivity contribution in [2.45, 2.75) is 38.1 Å². The summed E-state index contributed by atoms with van der Waals surface area (Å²) in [5, 5.41) is 11.8. The number of rotatable bonds is 3. The number of hydrogen-bond donors (Lipinski definition) is 1. The highest BCUT2D eigenvalue weighted by atomic mass is 15.4. The molecule has 2 heterocycles. The first-order chi connectivity index (χ1) is 9.81. The Morgan fingerprint density at radius 3 is 2.60 bits per heavy atom. The van der Waals surface area contributed by atoms with Crippen LogP contribution in [-0.2, 0) is 0 Å². The van der Waals surface area contributed by atoms with Gasteiger partial charge in [-0.1, -0.05) is 19.3 Å². The van der Waals surface area contributed by atoms with Gasteiger partial charge in [0.25, 0.3) is 0 Å². The largest absolute Gasteiger partial charge is 0.366 e. The van der Waals surface area contributed by atoms with E-state index in [9.17, 15) is 0 Å². The summed E-state index contributed by atoms with van der Waals surface area (Å²) in [4.78, 5) is 9.19. The SMILES string of the molecule is CN1CCN(c2nncc(NC3CCCCC3)n2)CC1. The average molecular weight is 276 g/mol. The molecule has 0 atom stereocenters. The molecule has 1 aliphatic carbocycles. The standard InChI is InChI=1S/C14H24N6/c1-19-7-9-20(10-8-19)14-17-13(11-15-18-14)16-12-5-3-2-4-6-12/h11-12H,2-10H2,1H3,(H,16,17,18). The van der Waals surface area contributed by atoms with Crippen molar-refractivity contribution >= 4 is 11.8 Å². The van der Waals surface area contributed by atoms with Crippen molar-refractivity contribution in [3.05, 3.63) is 6.20 Å². The average Bonchev–Trinajstić information content (AvgIpc) is 2.49. The smallest absolute Gasteiger partial charge is 0.247 e. The van der Waals surface area contributed by atoms with Gasteiger partial charge >= 0.3 is 0 Å². The maximum atomic E-state index is 4.64. The molecule has 6 heteroatoms. The van der Waals surface area contributed by atoms with Crippen molar-refractivity contribution in [1.82, 2.24) is 20.1 Å². The highest BCUT2D eigenvalue weighted by Gasteiger charge is 2.18. The van der Waals surface area contributed by atoms with Crippen LogP contribution in [0.5, 0.6) is 0 Å². The summed E-state index contributed by atoms with van der Waals surface area (Å²) in [6, 6.07) is 0.556. The molecule has 1 aromatic rings. The number of aromatic nitrogens is 3. The Hall–Kier alpha value is -1.43. The van der Waals surface area contributed by atoms with Crippen LogP contribution in [0.4, 0.5) is 11.8 Å². The quantitative estimate of drug-likeness (QED) is 0.900. The lowest BCUT2D eigenvalue weighted by Gasteiger charge is -2.32. The van der Waals surface area contributed by atoms with Crippen LogP contribution in [0.15, 0.2) is 6.20 Å². The minimum atomic E-state index is 0.556. The summed E-state index contributed by atoms with van der Waals surface area (Å²) in [6.45, 7) is 4.07. The summed E-state index contributed by atoms with van der Waals surface area (Å²) in [5.74, 6) is 1.64. The molecule has 1 saturated carbocycles. The van der Waals surface area contributed by atoms with E-state index in [-0.39, 0.29) is 0 Å². The van der Waals surface area contributed by atoms with Gasteiger partial charge in [0.1, 0.15) is 0 Å². The zero-order valence-corrected chi connectivity index (χ0v) is 12.3. The van der Waals surface area contributed by atoms with Crippen molar-refractivity contribution in [2.75, 3.05) is 43.4 Å². The molecule has 3 rings (SSSR count).